The van der Waals surface area contributed by atoms with E-state index in [4.69, 9.17) is 0 Å². The van der Waals surface area contributed by atoms with Crippen molar-refractivity contribution in [2.24, 2.45) is 11.8 Å². The van der Waals surface area contributed by atoms with Gasteiger partial charge in [-0.1, -0.05) is 62.3 Å². The molecule has 1 aliphatic carbocycles. The van der Waals surface area contributed by atoms with Gasteiger partial charge in [-0.05, 0) is 37.3 Å². The van der Waals surface area contributed by atoms with Crippen molar-refractivity contribution in [3.05, 3.63) is 58.7 Å². The molecule has 2 heteroatoms. The van der Waals surface area contributed by atoms with Crippen molar-refractivity contribution >= 4 is 11.6 Å². The Morgan fingerprint density at radius 2 is 1.92 bits per heavy atom. The quantitative estimate of drug-likeness (QED) is 0.606. The first kappa shape index (κ1) is 18.4. The Balaban J connectivity index is 1.90. The third kappa shape index (κ3) is 4.53. The van der Waals surface area contributed by atoms with Gasteiger partial charge >= 0.3 is 0 Å². The van der Waals surface area contributed by atoms with Crippen LogP contribution in [0.25, 0.3) is 0 Å². The van der Waals surface area contributed by atoms with Crippen LogP contribution in [0.1, 0.15) is 62.9 Å². The molecule has 0 fully saturated rings. The molecule has 1 aromatic carbocycles. The molecular weight excluding hydrogens is 296 g/mol. The zero-order chi connectivity index (χ0) is 17.7. The van der Waals surface area contributed by atoms with Crippen molar-refractivity contribution in [3.63, 3.8) is 0 Å². The average molecular weight is 324 g/mol. The van der Waals surface area contributed by atoms with Crippen LogP contribution in [-0.2, 0) is 11.2 Å². The average Bonchev–Trinajstić information content (AvgIpc) is 2.96. The fourth-order valence-corrected chi connectivity index (χ4v) is 3.50. The summed E-state index contributed by atoms with van der Waals surface area (Å²) in [4.78, 5) is 23.8. The molecule has 0 N–H and O–H groups in total. The molecule has 0 radical (unpaired) electrons. The molecule has 1 aliphatic rings. The number of hydrogen-bond acceptors (Lipinski definition) is 2. The van der Waals surface area contributed by atoms with Crippen molar-refractivity contribution in [2.75, 3.05) is 0 Å². The first-order valence-corrected chi connectivity index (χ1v) is 8.94. The van der Waals surface area contributed by atoms with Gasteiger partial charge in [0, 0.05) is 24.3 Å². The molecule has 0 bridgehead atoms. The maximum atomic E-state index is 12.3. The maximum Gasteiger partial charge on any atom is 0.159 e. The van der Waals surface area contributed by atoms with E-state index in [1.54, 1.807) is 13.0 Å². The normalized spacial score (nSPS) is 17.0. The number of hydrogen-bond donors (Lipinski definition) is 0. The van der Waals surface area contributed by atoms with Crippen LogP contribution < -0.4 is 0 Å². The molecule has 0 aliphatic heterocycles. The van der Waals surface area contributed by atoms with Gasteiger partial charge in [-0.15, -0.1) is 0 Å². The zero-order valence-corrected chi connectivity index (χ0v) is 15.3. The molecule has 24 heavy (non-hydrogen) atoms. The summed E-state index contributed by atoms with van der Waals surface area (Å²) in [5.41, 5.74) is 4.50. The van der Waals surface area contributed by atoms with Crippen molar-refractivity contribution in [1.29, 1.82) is 0 Å². The number of benzene rings is 1. The molecule has 0 amide bonds. The molecule has 0 aromatic heterocycles. The van der Waals surface area contributed by atoms with E-state index in [-0.39, 0.29) is 11.6 Å². The summed E-state index contributed by atoms with van der Waals surface area (Å²) in [6.45, 7) is 8.24. The van der Waals surface area contributed by atoms with Gasteiger partial charge in [-0.25, -0.2) is 0 Å². The Labute approximate surface area is 145 Å². The molecule has 2 nitrogen and oxygen atoms in total. The van der Waals surface area contributed by atoms with Crippen LogP contribution in [0.4, 0.5) is 0 Å². The highest BCUT2D eigenvalue weighted by Crippen LogP contribution is 2.36. The van der Waals surface area contributed by atoms with Gasteiger partial charge in [0.15, 0.2) is 5.78 Å². The predicted molar refractivity (Wildman–Crippen MR) is 99.2 cm³/mol. The van der Waals surface area contributed by atoms with Gasteiger partial charge in [-0.2, -0.15) is 0 Å². The summed E-state index contributed by atoms with van der Waals surface area (Å²) in [6, 6.07) is 7.41. The van der Waals surface area contributed by atoms with E-state index in [0.717, 1.165) is 18.4 Å². The van der Waals surface area contributed by atoms with Gasteiger partial charge in [0.2, 0.25) is 0 Å². The second kappa shape index (κ2) is 8.23. The van der Waals surface area contributed by atoms with E-state index in [1.807, 2.05) is 18.2 Å². The summed E-state index contributed by atoms with van der Waals surface area (Å²) in [5.74, 6) is 1.36. The van der Waals surface area contributed by atoms with Crippen molar-refractivity contribution in [3.8, 4) is 0 Å². The lowest BCUT2D eigenvalue weighted by molar-refractivity contribution is -0.118. The minimum atomic E-state index is 0.0403. The number of allylic oxidation sites excluding steroid dienone is 4. The molecule has 1 aromatic rings. The summed E-state index contributed by atoms with van der Waals surface area (Å²) in [7, 11) is 0. The van der Waals surface area contributed by atoms with E-state index in [2.05, 4.69) is 32.9 Å². The lowest BCUT2D eigenvalue weighted by Gasteiger charge is -2.20. The van der Waals surface area contributed by atoms with E-state index in [1.165, 1.54) is 11.1 Å². The van der Waals surface area contributed by atoms with Gasteiger partial charge in [0.05, 0.1) is 0 Å². The Morgan fingerprint density at radius 1 is 1.17 bits per heavy atom. The molecule has 128 valence electrons. The highest BCUT2D eigenvalue weighted by molar-refractivity contribution is 5.94. The second-order valence-corrected chi connectivity index (χ2v) is 7.00. The molecule has 0 saturated carbocycles. The van der Waals surface area contributed by atoms with Crippen molar-refractivity contribution < 1.29 is 9.59 Å². The Bertz CT molecular complexity index is 677. The minimum Gasteiger partial charge on any atom is -0.299 e. The van der Waals surface area contributed by atoms with Crippen molar-refractivity contribution in [2.45, 2.75) is 53.4 Å². The number of ketones is 2. The SMILES string of the molecule is CCC1C(CCC(=O)Cc2cccc(C(C)=O)c2)=CC=C1C(C)C. The first-order valence-electron chi connectivity index (χ1n) is 8.94. The standard InChI is InChI=1S/C22H28O2/c1-5-21-18(10-12-22(21)15(2)3)9-11-20(24)14-17-7-6-8-19(13-17)16(4)23/h6-8,10,12-13,15,21H,5,9,11,14H2,1-4H3. The first-order chi connectivity index (χ1) is 11.4. The Morgan fingerprint density at radius 3 is 2.54 bits per heavy atom. The van der Waals surface area contributed by atoms with E-state index < -0.39 is 0 Å². The predicted octanol–water partition coefficient (Wildman–Crippen LogP) is 5.33. The summed E-state index contributed by atoms with van der Waals surface area (Å²) >= 11 is 0. The topological polar surface area (TPSA) is 34.1 Å². The van der Waals surface area contributed by atoms with Gasteiger partial charge in [0.1, 0.15) is 5.78 Å². The number of carbonyl (C=O) groups excluding carboxylic acids is 2. The molecular formula is C22H28O2. The van der Waals surface area contributed by atoms with E-state index in [9.17, 15) is 9.59 Å². The molecule has 0 spiro atoms. The summed E-state index contributed by atoms with van der Waals surface area (Å²) in [6.07, 6.45) is 7.39. The van der Waals surface area contributed by atoms with Crippen LogP contribution in [-0.4, -0.2) is 11.6 Å². The van der Waals surface area contributed by atoms with Crippen LogP contribution in [0, 0.1) is 11.8 Å². The zero-order valence-electron chi connectivity index (χ0n) is 15.3. The van der Waals surface area contributed by atoms with Gasteiger partial charge in [0.25, 0.3) is 0 Å². The third-order valence-electron chi connectivity index (χ3n) is 4.84. The van der Waals surface area contributed by atoms with Crippen LogP contribution in [0.3, 0.4) is 0 Å². The van der Waals surface area contributed by atoms with Gasteiger partial charge < -0.3 is 0 Å². The van der Waals surface area contributed by atoms with E-state index in [0.29, 0.717) is 30.2 Å². The van der Waals surface area contributed by atoms with Crippen LogP contribution in [0.15, 0.2) is 47.6 Å². The fourth-order valence-electron chi connectivity index (χ4n) is 3.50. The fraction of sp³-hybridized carbons (Fsp3) is 0.455. The number of rotatable bonds is 8. The highest BCUT2D eigenvalue weighted by Gasteiger charge is 2.23. The van der Waals surface area contributed by atoms with E-state index >= 15 is 0 Å². The smallest absolute Gasteiger partial charge is 0.159 e. The molecule has 0 heterocycles. The van der Waals surface area contributed by atoms with Crippen LogP contribution in [0.2, 0.25) is 0 Å². The van der Waals surface area contributed by atoms with Crippen molar-refractivity contribution in [1.82, 2.24) is 0 Å². The highest BCUT2D eigenvalue weighted by atomic mass is 16.1. The maximum absolute atomic E-state index is 12.3. The monoisotopic (exact) mass is 324 g/mol. The molecule has 0 saturated heterocycles. The molecule has 1 unspecified atom stereocenters. The summed E-state index contributed by atoms with van der Waals surface area (Å²) in [5, 5.41) is 0. The molecule has 1 atom stereocenters. The Hall–Kier alpha value is -1.96. The number of carbonyl (C=O) groups is 2. The van der Waals surface area contributed by atoms with Crippen LogP contribution in [0.5, 0.6) is 0 Å². The third-order valence-corrected chi connectivity index (χ3v) is 4.84. The summed E-state index contributed by atoms with van der Waals surface area (Å²) < 4.78 is 0. The lowest BCUT2D eigenvalue weighted by Crippen LogP contribution is -2.10. The molecule has 2 rings (SSSR count). The van der Waals surface area contributed by atoms with Gasteiger partial charge in [-0.3, -0.25) is 9.59 Å². The lowest BCUT2D eigenvalue weighted by atomic mass is 9.84. The minimum absolute atomic E-state index is 0.0403. The Kier molecular flexibility index (Phi) is 6.30. The second-order valence-electron chi connectivity index (χ2n) is 7.00. The largest absolute Gasteiger partial charge is 0.299 e. The van der Waals surface area contributed by atoms with Crippen LogP contribution >= 0.6 is 0 Å². The number of Topliss-reactive ketones (excluding diaryl/α,β-unsaturated/α-hetero) is 2.